The first kappa shape index (κ1) is 20.5. The molecule has 26 heavy (non-hydrogen) atoms. The number of aliphatic imine (C=N–C) groups is 1. The highest BCUT2D eigenvalue weighted by molar-refractivity contribution is 8.00. The molecule has 0 saturated carbocycles. The minimum atomic E-state index is -4.61. The number of thioether (sulfide) groups is 1. The predicted molar refractivity (Wildman–Crippen MR) is 97.1 cm³/mol. The van der Waals surface area contributed by atoms with Crippen LogP contribution in [0.2, 0.25) is 0 Å². The summed E-state index contributed by atoms with van der Waals surface area (Å²) in [7, 11) is 1.54. The van der Waals surface area contributed by atoms with Gasteiger partial charge < -0.3 is 10.6 Å². The number of benzene rings is 1. The number of guanidine groups is 1. The van der Waals surface area contributed by atoms with Crippen LogP contribution in [0.4, 0.5) is 17.6 Å². The highest BCUT2D eigenvalue weighted by atomic mass is 32.2. The third-order valence-electron chi connectivity index (χ3n) is 3.30. The lowest BCUT2D eigenvalue weighted by Gasteiger charge is -2.16. The second-order valence-corrected chi connectivity index (χ2v) is 7.39. The molecule has 10 heteroatoms. The number of thiazole rings is 1. The highest BCUT2D eigenvalue weighted by Crippen LogP contribution is 2.32. The number of aromatic nitrogens is 1. The normalized spacial score (nSPS) is 12.3. The quantitative estimate of drug-likeness (QED) is 0.238. The topological polar surface area (TPSA) is 49.3 Å². The maximum atomic E-state index is 13.1. The number of nitrogens with zero attached hydrogens (tertiary/aromatic N) is 2. The molecule has 1 aromatic carbocycles. The standard InChI is InChI=1S/C16H18F4N4S2/c1-21-14(22-5-2-7-25-15-23-6-8-26-15)24-10-11-3-4-12(17)9-13(11)16(18,19)20/h3-4,6,8-9H,2,5,7,10H2,1H3,(H2,21,22,24). The van der Waals surface area contributed by atoms with Crippen LogP contribution < -0.4 is 10.6 Å². The molecule has 0 aliphatic rings. The Balaban J connectivity index is 1.80. The Morgan fingerprint density at radius 1 is 1.31 bits per heavy atom. The molecule has 0 atom stereocenters. The van der Waals surface area contributed by atoms with Crippen LogP contribution in [0, 0.1) is 5.82 Å². The lowest BCUT2D eigenvalue weighted by atomic mass is 10.1. The third-order valence-corrected chi connectivity index (χ3v) is 5.35. The van der Waals surface area contributed by atoms with Gasteiger partial charge in [0.05, 0.1) is 5.56 Å². The van der Waals surface area contributed by atoms with E-state index >= 15 is 0 Å². The van der Waals surface area contributed by atoms with E-state index < -0.39 is 17.6 Å². The number of halogens is 4. The number of hydrogen-bond acceptors (Lipinski definition) is 4. The van der Waals surface area contributed by atoms with Crippen LogP contribution in [0.25, 0.3) is 0 Å². The minimum absolute atomic E-state index is 0.0406. The van der Waals surface area contributed by atoms with Gasteiger partial charge in [0, 0.05) is 37.5 Å². The van der Waals surface area contributed by atoms with Gasteiger partial charge in [0.2, 0.25) is 0 Å². The Morgan fingerprint density at radius 2 is 2.12 bits per heavy atom. The van der Waals surface area contributed by atoms with E-state index in [2.05, 4.69) is 20.6 Å². The molecule has 0 spiro atoms. The van der Waals surface area contributed by atoms with Gasteiger partial charge in [0.25, 0.3) is 0 Å². The predicted octanol–water partition coefficient (Wildman–Crippen LogP) is 4.15. The molecular weight excluding hydrogens is 388 g/mol. The van der Waals surface area contributed by atoms with Crippen LogP contribution in [0.1, 0.15) is 17.5 Å². The number of hydrogen-bond donors (Lipinski definition) is 2. The van der Waals surface area contributed by atoms with Gasteiger partial charge in [-0.05, 0) is 24.1 Å². The van der Waals surface area contributed by atoms with Crippen molar-refractivity contribution in [3.8, 4) is 0 Å². The monoisotopic (exact) mass is 406 g/mol. The molecule has 1 heterocycles. The summed E-state index contributed by atoms with van der Waals surface area (Å²) < 4.78 is 53.1. The van der Waals surface area contributed by atoms with Gasteiger partial charge in [-0.3, -0.25) is 4.99 Å². The Kier molecular flexibility index (Phi) is 7.70. The molecule has 0 radical (unpaired) electrons. The van der Waals surface area contributed by atoms with Crippen LogP contribution in [-0.4, -0.2) is 30.3 Å². The van der Waals surface area contributed by atoms with Gasteiger partial charge >= 0.3 is 6.18 Å². The molecule has 0 unspecified atom stereocenters. The second-order valence-electron chi connectivity index (χ2n) is 5.15. The van der Waals surface area contributed by atoms with Crippen LogP contribution in [0.3, 0.4) is 0 Å². The average molecular weight is 406 g/mol. The summed E-state index contributed by atoms with van der Waals surface area (Å²) in [4.78, 5) is 8.15. The summed E-state index contributed by atoms with van der Waals surface area (Å²) in [5.74, 6) is 0.344. The first-order valence-electron chi connectivity index (χ1n) is 7.72. The van der Waals surface area contributed by atoms with E-state index in [1.165, 1.54) is 7.05 Å². The molecule has 4 nitrogen and oxygen atoms in total. The Labute approximate surface area is 157 Å². The van der Waals surface area contributed by atoms with Crippen LogP contribution in [-0.2, 0) is 12.7 Å². The fourth-order valence-electron chi connectivity index (χ4n) is 2.09. The number of rotatable bonds is 7. The van der Waals surface area contributed by atoms with Crippen LogP contribution in [0.5, 0.6) is 0 Å². The van der Waals surface area contributed by atoms with E-state index in [-0.39, 0.29) is 12.1 Å². The van der Waals surface area contributed by atoms with Crippen molar-refractivity contribution in [3.05, 3.63) is 46.7 Å². The van der Waals surface area contributed by atoms with Gasteiger partial charge in [-0.25, -0.2) is 9.37 Å². The molecular formula is C16H18F4N4S2. The van der Waals surface area contributed by atoms with E-state index in [0.717, 1.165) is 28.6 Å². The zero-order valence-corrected chi connectivity index (χ0v) is 15.6. The van der Waals surface area contributed by atoms with E-state index in [1.54, 1.807) is 29.3 Å². The SMILES string of the molecule is CN=C(NCCCSc1nccs1)NCc1ccc(F)cc1C(F)(F)F. The largest absolute Gasteiger partial charge is 0.416 e. The smallest absolute Gasteiger partial charge is 0.356 e. The van der Waals surface area contributed by atoms with Crippen molar-refractivity contribution in [3.63, 3.8) is 0 Å². The van der Waals surface area contributed by atoms with Crippen molar-refractivity contribution < 1.29 is 17.6 Å². The van der Waals surface area contributed by atoms with Gasteiger partial charge in [-0.1, -0.05) is 17.8 Å². The minimum Gasteiger partial charge on any atom is -0.356 e. The molecule has 0 saturated heterocycles. The van der Waals surface area contributed by atoms with E-state index in [4.69, 9.17) is 0 Å². The summed E-state index contributed by atoms with van der Waals surface area (Å²) in [5, 5.41) is 7.78. The first-order valence-corrected chi connectivity index (χ1v) is 9.59. The van der Waals surface area contributed by atoms with Crippen molar-refractivity contribution in [2.75, 3.05) is 19.3 Å². The van der Waals surface area contributed by atoms with Crippen molar-refractivity contribution in [1.82, 2.24) is 15.6 Å². The van der Waals surface area contributed by atoms with Gasteiger partial charge in [-0.15, -0.1) is 11.3 Å². The summed E-state index contributed by atoms with van der Waals surface area (Å²) in [6, 6.07) is 2.64. The summed E-state index contributed by atoms with van der Waals surface area (Å²) in [5.41, 5.74) is -1.03. The van der Waals surface area contributed by atoms with Crippen molar-refractivity contribution in [2.24, 2.45) is 4.99 Å². The lowest BCUT2D eigenvalue weighted by molar-refractivity contribution is -0.138. The zero-order chi connectivity index (χ0) is 19.0. The zero-order valence-electron chi connectivity index (χ0n) is 13.9. The molecule has 0 bridgehead atoms. The average Bonchev–Trinajstić information content (AvgIpc) is 3.10. The Hall–Kier alpha value is -1.81. The van der Waals surface area contributed by atoms with Crippen LogP contribution in [0.15, 0.2) is 39.1 Å². The third kappa shape index (κ3) is 6.49. The Morgan fingerprint density at radius 3 is 2.77 bits per heavy atom. The number of alkyl halides is 3. The maximum absolute atomic E-state index is 13.1. The van der Waals surface area contributed by atoms with Crippen LogP contribution >= 0.6 is 23.1 Å². The first-order chi connectivity index (χ1) is 12.4. The second kappa shape index (κ2) is 9.77. The van der Waals surface area contributed by atoms with E-state index in [9.17, 15) is 17.6 Å². The molecule has 0 fully saturated rings. The highest BCUT2D eigenvalue weighted by Gasteiger charge is 2.33. The van der Waals surface area contributed by atoms with Crippen molar-refractivity contribution >= 4 is 29.1 Å². The van der Waals surface area contributed by atoms with Crippen molar-refractivity contribution in [2.45, 2.75) is 23.5 Å². The van der Waals surface area contributed by atoms with E-state index in [0.29, 0.717) is 18.6 Å². The molecule has 0 aliphatic carbocycles. The Bertz CT molecular complexity index is 718. The van der Waals surface area contributed by atoms with Gasteiger partial charge in [-0.2, -0.15) is 13.2 Å². The summed E-state index contributed by atoms with van der Waals surface area (Å²) in [6.07, 6.45) is -2.01. The summed E-state index contributed by atoms with van der Waals surface area (Å²) in [6.45, 7) is 0.510. The van der Waals surface area contributed by atoms with Crippen molar-refractivity contribution in [1.29, 1.82) is 0 Å². The molecule has 2 rings (SSSR count). The van der Waals surface area contributed by atoms with Gasteiger partial charge in [0.15, 0.2) is 5.96 Å². The van der Waals surface area contributed by atoms with E-state index in [1.807, 2.05) is 5.38 Å². The molecule has 0 amide bonds. The maximum Gasteiger partial charge on any atom is 0.416 e. The number of nitrogens with one attached hydrogen (secondary N) is 2. The molecule has 142 valence electrons. The molecule has 1 aromatic heterocycles. The lowest BCUT2D eigenvalue weighted by Crippen LogP contribution is -2.37. The summed E-state index contributed by atoms with van der Waals surface area (Å²) >= 11 is 3.23. The molecule has 2 aromatic rings. The molecule has 2 N–H and O–H groups in total. The molecule has 0 aliphatic heterocycles. The fraction of sp³-hybridized carbons (Fsp3) is 0.375. The fourth-order valence-corrected chi connectivity index (χ4v) is 3.73. The van der Waals surface area contributed by atoms with Gasteiger partial charge in [0.1, 0.15) is 10.2 Å².